The van der Waals surface area contributed by atoms with Gasteiger partial charge in [-0.2, -0.15) is 0 Å². The summed E-state index contributed by atoms with van der Waals surface area (Å²) < 4.78 is 0. The summed E-state index contributed by atoms with van der Waals surface area (Å²) in [6.07, 6.45) is 2.04. The third kappa shape index (κ3) is 2.31. The van der Waals surface area contributed by atoms with Crippen LogP contribution >= 0.6 is 0 Å². The van der Waals surface area contributed by atoms with Crippen molar-refractivity contribution >= 4 is 10.8 Å². The summed E-state index contributed by atoms with van der Waals surface area (Å²) in [7, 11) is 0. The van der Waals surface area contributed by atoms with Crippen LogP contribution in [0, 0.1) is 13.8 Å². The van der Waals surface area contributed by atoms with Crippen molar-refractivity contribution < 1.29 is 0 Å². The fourth-order valence-electron chi connectivity index (χ4n) is 3.56. The number of fused-ring (bicyclic) bond motifs is 1. The molecule has 0 atom stereocenters. The molecule has 0 radical (unpaired) electrons. The van der Waals surface area contributed by atoms with E-state index in [2.05, 4.69) is 70.2 Å². The Labute approximate surface area is 133 Å². The number of aromatic nitrogens is 1. The van der Waals surface area contributed by atoms with E-state index in [9.17, 15) is 0 Å². The highest BCUT2D eigenvalue weighted by atomic mass is 14.7. The van der Waals surface area contributed by atoms with Gasteiger partial charge in [0.15, 0.2) is 0 Å². The van der Waals surface area contributed by atoms with Crippen LogP contribution in [0.25, 0.3) is 21.9 Å². The van der Waals surface area contributed by atoms with Gasteiger partial charge >= 0.3 is 0 Å². The van der Waals surface area contributed by atoms with Crippen LogP contribution in [0.5, 0.6) is 0 Å². The Bertz CT molecular complexity index is 797. The smallest absolute Gasteiger partial charge is 0.0414 e. The molecule has 1 heterocycles. The lowest BCUT2D eigenvalue weighted by molar-refractivity contribution is 0.972. The first-order valence-corrected chi connectivity index (χ1v) is 8.14. The maximum absolute atomic E-state index is 4.78. The molecule has 1 nitrogen and oxygen atoms in total. The second kappa shape index (κ2) is 5.92. The Kier molecular flexibility index (Phi) is 3.98. The molecular weight excluding hydrogens is 266 g/mol. The second-order valence-electron chi connectivity index (χ2n) is 5.85. The molecule has 3 rings (SSSR count). The fraction of sp³-hybridized carbons (Fsp3) is 0.286. The van der Waals surface area contributed by atoms with Crippen LogP contribution in [0.4, 0.5) is 0 Å². The van der Waals surface area contributed by atoms with Gasteiger partial charge in [-0.25, -0.2) is 0 Å². The lowest BCUT2D eigenvalue weighted by atomic mass is 9.88. The van der Waals surface area contributed by atoms with Gasteiger partial charge in [0.2, 0.25) is 0 Å². The molecule has 0 aliphatic heterocycles. The minimum absolute atomic E-state index is 1.02. The Morgan fingerprint density at radius 2 is 1.36 bits per heavy atom. The number of rotatable bonds is 3. The number of hydrogen-bond acceptors (Lipinski definition) is 1. The molecule has 1 aromatic heterocycles. The van der Waals surface area contributed by atoms with Crippen molar-refractivity contribution in [2.45, 2.75) is 40.5 Å². The molecule has 112 valence electrons. The van der Waals surface area contributed by atoms with Gasteiger partial charge < -0.3 is 0 Å². The second-order valence-corrected chi connectivity index (χ2v) is 5.85. The van der Waals surface area contributed by atoms with Gasteiger partial charge in [-0.15, -0.1) is 0 Å². The normalized spacial score (nSPS) is 11.1. The van der Waals surface area contributed by atoms with Crippen molar-refractivity contribution in [1.29, 1.82) is 0 Å². The van der Waals surface area contributed by atoms with Crippen molar-refractivity contribution in [1.82, 2.24) is 4.98 Å². The Morgan fingerprint density at radius 1 is 0.773 bits per heavy atom. The molecule has 0 unspecified atom stereocenters. The molecule has 0 spiro atoms. The third-order valence-corrected chi connectivity index (χ3v) is 4.58. The molecule has 3 aromatic rings. The Hall–Kier alpha value is -2.15. The van der Waals surface area contributed by atoms with Crippen LogP contribution in [-0.4, -0.2) is 4.98 Å². The monoisotopic (exact) mass is 289 g/mol. The molecule has 0 N–H and O–H groups in total. The van der Waals surface area contributed by atoms with Crippen molar-refractivity contribution in [3.8, 4) is 11.1 Å². The molecule has 0 saturated carbocycles. The fourth-order valence-corrected chi connectivity index (χ4v) is 3.56. The quantitative estimate of drug-likeness (QED) is 0.607. The number of benzene rings is 2. The van der Waals surface area contributed by atoms with Crippen LogP contribution in [0.15, 0.2) is 42.5 Å². The Balaban J connectivity index is 2.44. The molecule has 0 aliphatic carbocycles. The molecule has 0 bridgehead atoms. The maximum Gasteiger partial charge on any atom is 0.0414 e. The van der Waals surface area contributed by atoms with Gasteiger partial charge in [0.1, 0.15) is 0 Å². The van der Waals surface area contributed by atoms with E-state index in [0.717, 1.165) is 12.8 Å². The van der Waals surface area contributed by atoms with Crippen LogP contribution in [0.3, 0.4) is 0 Å². The Morgan fingerprint density at radius 3 is 2.00 bits per heavy atom. The molecule has 0 saturated heterocycles. The summed E-state index contributed by atoms with van der Waals surface area (Å²) in [6, 6.07) is 15.3. The van der Waals surface area contributed by atoms with Gasteiger partial charge in [0.05, 0.1) is 0 Å². The number of hydrogen-bond donors (Lipinski definition) is 0. The van der Waals surface area contributed by atoms with Crippen molar-refractivity contribution in [3.63, 3.8) is 0 Å². The van der Waals surface area contributed by atoms with Gasteiger partial charge in [-0.1, -0.05) is 56.3 Å². The summed E-state index contributed by atoms with van der Waals surface area (Å²) in [5, 5.41) is 2.63. The standard InChI is InChI=1S/C21H23N/c1-5-17-14(3)22-15(4)18(6-2)21(17)20-13-9-11-16-10-7-8-12-19(16)20/h7-13H,5-6H2,1-4H3. The zero-order valence-corrected chi connectivity index (χ0v) is 13.9. The summed E-state index contributed by atoms with van der Waals surface area (Å²) >= 11 is 0. The van der Waals surface area contributed by atoms with E-state index in [1.807, 2.05) is 0 Å². The van der Waals surface area contributed by atoms with E-state index in [0.29, 0.717) is 0 Å². The highest BCUT2D eigenvalue weighted by molar-refractivity contribution is 5.98. The average Bonchev–Trinajstić information content (AvgIpc) is 2.54. The molecule has 0 fully saturated rings. The van der Waals surface area contributed by atoms with Crippen LogP contribution in [0.1, 0.15) is 36.4 Å². The van der Waals surface area contributed by atoms with Gasteiger partial charge in [0.25, 0.3) is 0 Å². The molecule has 2 aromatic carbocycles. The molecular formula is C21H23N. The van der Waals surface area contributed by atoms with E-state index < -0.39 is 0 Å². The van der Waals surface area contributed by atoms with Gasteiger partial charge in [0, 0.05) is 11.4 Å². The highest BCUT2D eigenvalue weighted by Gasteiger charge is 2.16. The summed E-state index contributed by atoms with van der Waals surface area (Å²) in [4.78, 5) is 4.78. The summed E-state index contributed by atoms with van der Waals surface area (Å²) in [5.74, 6) is 0. The number of aryl methyl sites for hydroxylation is 2. The van der Waals surface area contributed by atoms with Gasteiger partial charge in [-0.3, -0.25) is 4.98 Å². The lowest BCUT2D eigenvalue weighted by Crippen LogP contribution is -2.04. The number of nitrogens with zero attached hydrogens (tertiary/aromatic N) is 1. The van der Waals surface area contributed by atoms with Gasteiger partial charge in [-0.05, 0) is 59.7 Å². The number of pyridine rings is 1. The highest BCUT2D eigenvalue weighted by Crippen LogP contribution is 2.36. The van der Waals surface area contributed by atoms with Crippen LogP contribution in [0.2, 0.25) is 0 Å². The summed E-state index contributed by atoms with van der Waals surface area (Å²) in [6.45, 7) is 8.74. The maximum atomic E-state index is 4.78. The molecule has 1 heteroatoms. The third-order valence-electron chi connectivity index (χ3n) is 4.58. The first-order valence-electron chi connectivity index (χ1n) is 8.14. The van der Waals surface area contributed by atoms with E-state index in [4.69, 9.17) is 4.98 Å². The predicted molar refractivity (Wildman–Crippen MR) is 95.4 cm³/mol. The zero-order chi connectivity index (χ0) is 15.7. The summed E-state index contributed by atoms with van der Waals surface area (Å²) in [5.41, 5.74) is 7.87. The average molecular weight is 289 g/mol. The zero-order valence-electron chi connectivity index (χ0n) is 13.9. The van der Waals surface area contributed by atoms with E-state index in [-0.39, 0.29) is 0 Å². The minimum atomic E-state index is 1.02. The molecule has 22 heavy (non-hydrogen) atoms. The van der Waals surface area contributed by atoms with Crippen molar-refractivity contribution in [2.75, 3.05) is 0 Å². The van der Waals surface area contributed by atoms with Crippen molar-refractivity contribution in [2.24, 2.45) is 0 Å². The topological polar surface area (TPSA) is 12.9 Å². The van der Waals surface area contributed by atoms with E-state index in [1.165, 1.54) is 44.4 Å². The largest absolute Gasteiger partial charge is 0.258 e. The molecule has 0 aliphatic rings. The van der Waals surface area contributed by atoms with Crippen molar-refractivity contribution in [3.05, 3.63) is 65.0 Å². The first kappa shape index (κ1) is 14.8. The molecule has 0 amide bonds. The predicted octanol–water partition coefficient (Wildman–Crippen LogP) is 5.64. The van der Waals surface area contributed by atoms with Crippen LogP contribution < -0.4 is 0 Å². The first-order chi connectivity index (χ1) is 10.7. The van der Waals surface area contributed by atoms with E-state index in [1.54, 1.807) is 0 Å². The van der Waals surface area contributed by atoms with Crippen LogP contribution in [-0.2, 0) is 12.8 Å². The minimum Gasteiger partial charge on any atom is -0.258 e. The SMILES string of the molecule is CCc1c(C)nc(C)c(CC)c1-c1cccc2ccccc12. The van der Waals surface area contributed by atoms with E-state index >= 15 is 0 Å². The lowest BCUT2D eigenvalue weighted by Gasteiger charge is -2.19.